The third kappa shape index (κ3) is 3.94. The van der Waals surface area contributed by atoms with Crippen molar-refractivity contribution in [2.75, 3.05) is 0 Å². The van der Waals surface area contributed by atoms with Gasteiger partial charge in [0, 0.05) is 29.8 Å². The minimum atomic E-state index is -2.19. The third-order valence-corrected chi connectivity index (χ3v) is 61.2. The van der Waals surface area contributed by atoms with Crippen LogP contribution in [0, 0.1) is 0 Å². The molecule has 13 heteroatoms. The Labute approximate surface area is 128 Å². The predicted octanol–water partition coefficient (Wildman–Crippen LogP) is 0.857. The maximum Gasteiger partial charge on any atom is 0.0304 e. The van der Waals surface area contributed by atoms with Crippen molar-refractivity contribution in [2.45, 2.75) is 0 Å². The zero-order valence-electron chi connectivity index (χ0n) is 5.28. The molecule has 0 fully saturated rings. The largest absolute Gasteiger partial charge is 0.271 e. The molecule has 0 heterocycles. The first-order valence-corrected chi connectivity index (χ1v) is 19.6. The fourth-order valence-corrected chi connectivity index (χ4v) is 50.2. The van der Waals surface area contributed by atoms with Crippen LogP contribution in [-0.2, 0) is 110 Å². The van der Waals surface area contributed by atoms with Crippen LogP contribution in [0.1, 0.15) is 0 Å². The number of halogens is 1. The molecule has 0 N–H and O–H groups in total. The molecule has 0 spiro atoms. The minimum absolute atomic E-state index is 0.951. The van der Waals surface area contributed by atoms with Crippen molar-refractivity contribution in [1.29, 1.82) is 0 Å². The first kappa shape index (κ1) is 16.9. The molecule has 0 saturated heterocycles. The second-order valence-corrected chi connectivity index (χ2v) is 44.5. The van der Waals surface area contributed by atoms with E-state index in [1.165, 1.54) is 0 Å². The van der Waals surface area contributed by atoms with Gasteiger partial charge < -0.3 is 0 Å². The second kappa shape index (κ2) is 5.69. The lowest BCUT2D eigenvalue weighted by Crippen LogP contribution is -2.14. The molecule has 0 aromatic heterocycles. The van der Waals surface area contributed by atoms with Crippen molar-refractivity contribution in [2.24, 2.45) is 0 Å². The van der Waals surface area contributed by atoms with Gasteiger partial charge in [0.05, 0.1) is 0 Å². The van der Waals surface area contributed by atoms with Gasteiger partial charge in [0.15, 0.2) is 0 Å². The topological polar surface area (TPSA) is 0 Å². The van der Waals surface area contributed by atoms with Crippen LogP contribution in [0.15, 0.2) is 0 Å². The van der Waals surface area contributed by atoms with E-state index >= 15 is 0 Å². The van der Waals surface area contributed by atoms with E-state index in [1.807, 2.05) is 21.2 Å². The fourth-order valence-electron chi connectivity index (χ4n) is 0.168. The first-order valence-electron chi connectivity index (χ1n) is 1.99. The van der Waals surface area contributed by atoms with E-state index in [2.05, 4.69) is 0 Å². The summed E-state index contributed by atoms with van der Waals surface area (Å²) in [6, 6.07) is 0. The van der Waals surface area contributed by atoms with Crippen LogP contribution in [0.2, 0.25) is 0 Å². The van der Waals surface area contributed by atoms with Gasteiger partial charge in [-0.15, -0.1) is 0 Å². The van der Waals surface area contributed by atoms with Crippen LogP contribution in [0.4, 0.5) is 0 Å². The Balaban J connectivity index is 6.26. The van der Waals surface area contributed by atoms with Gasteiger partial charge in [0.2, 0.25) is 0 Å². The SMILES string of the molecule is S=[S-](=S)S(=S)(=S)S(=S)(=S)S(=S)(=S)I. The molecule has 80 valence electrons. The molecule has 0 aromatic rings. The highest BCUT2D eigenvalue weighted by Gasteiger charge is 2.14. The summed E-state index contributed by atoms with van der Waals surface area (Å²) < 4.78 is -1.95. The smallest absolute Gasteiger partial charge is 0.0304 e. The Morgan fingerprint density at radius 2 is 1.15 bits per heavy atom. The van der Waals surface area contributed by atoms with Gasteiger partial charge in [-0.25, -0.2) is 22.4 Å². The molecule has 0 atom stereocenters. The van der Waals surface area contributed by atoms with Crippen LogP contribution in [0.5, 0.6) is 0 Å². The van der Waals surface area contributed by atoms with E-state index < -0.39 is 20.8 Å². The summed E-state index contributed by atoms with van der Waals surface area (Å²) in [6.07, 6.45) is 0. The highest BCUT2D eigenvalue weighted by Crippen LogP contribution is 2.23. The minimum Gasteiger partial charge on any atom is -0.271 e. The molecule has 0 unspecified atom stereocenters. The molecular formula is IS12-. The van der Waals surface area contributed by atoms with Gasteiger partial charge >= 0.3 is 0 Å². The highest BCUT2D eigenvalue weighted by atomic mass is 127. The lowest BCUT2D eigenvalue weighted by molar-refractivity contribution is 5.26. The van der Waals surface area contributed by atoms with Gasteiger partial charge in [-0.05, 0) is 44.8 Å². The zero-order chi connectivity index (χ0) is 11.1. The molecule has 0 radical (unpaired) electrons. The summed E-state index contributed by atoms with van der Waals surface area (Å²) in [5.41, 5.74) is 0. The Hall–Kier alpha value is 3.89. The van der Waals surface area contributed by atoms with E-state index in [9.17, 15) is 0 Å². The van der Waals surface area contributed by atoms with Crippen LogP contribution in [0.3, 0.4) is 0 Å². The average molecular weight is 512 g/mol. The van der Waals surface area contributed by atoms with Crippen LogP contribution < -0.4 is 0 Å². The van der Waals surface area contributed by atoms with Crippen molar-refractivity contribution in [3.8, 4) is 0 Å². The lowest BCUT2D eigenvalue weighted by atomic mass is 30.0. The lowest BCUT2D eigenvalue weighted by Gasteiger charge is -2.21. The molecule has 0 amide bonds. The third-order valence-electron chi connectivity index (χ3n) is 0.660. The Morgan fingerprint density at radius 1 is 0.846 bits per heavy atom. The van der Waals surface area contributed by atoms with Gasteiger partial charge in [-0.1, -0.05) is 27.6 Å². The molecule has 0 nitrogen and oxygen atoms in total. The quantitative estimate of drug-likeness (QED) is 0.234. The number of hydrogen-bond donors (Lipinski definition) is 0. The van der Waals surface area contributed by atoms with Gasteiger partial charge in [0.25, 0.3) is 0 Å². The molecular weight excluding hydrogens is 512 g/mol. The van der Waals surface area contributed by atoms with Crippen molar-refractivity contribution in [3.05, 3.63) is 0 Å². The Morgan fingerprint density at radius 3 is 1.23 bits per heavy atom. The summed E-state index contributed by atoms with van der Waals surface area (Å²) >= 11 is 42.7. The highest BCUT2D eigenvalue weighted by molar-refractivity contribution is 14.2. The van der Waals surface area contributed by atoms with E-state index in [4.69, 9.17) is 89.5 Å². The molecule has 0 saturated carbocycles. The summed E-state index contributed by atoms with van der Waals surface area (Å²) in [6.45, 7) is 0. The standard InChI is InChI=1S/IS12/c1-11(4,5)13(8,9)12(6,7)10(2)3/q-1. The second-order valence-electron chi connectivity index (χ2n) is 1.41. The summed E-state index contributed by atoms with van der Waals surface area (Å²) in [5, 5.41) is -4.37. The van der Waals surface area contributed by atoms with Crippen molar-refractivity contribution in [3.63, 3.8) is 0 Å². The van der Waals surface area contributed by atoms with E-state index in [0.717, 1.165) is 0 Å². The Bertz CT molecular complexity index is 545. The predicted molar refractivity (Wildman–Crippen MR) is 102 cm³/mol. The van der Waals surface area contributed by atoms with Gasteiger partial charge in [-0.3, -0.25) is 7.05 Å². The molecule has 0 aliphatic carbocycles. The average Bonchev–Trinajstić information content (AvgIpc) is 1.84. The van der Waals surface area contributed by atoms with Crippen molar-refractivity contribution >= 4 is 132 Å². The van der Waals surface area contributed by atoms with Crippen LogP contribution in [0.25, 0.3) is 0 Å². The summed E-state index contributed by atoms with van der Waals surface area (Å²) in [5.74, 6) is 0. The van der Waals surface area contributed by atoms with Gasteiger partial charge in [-0.2, -0.15) is 0 Å². The summed E-state index contributed by atoms with van der Waals surface area (Å²) in [4.78, 5) is 0. The van der Waals surface area contributed by atoms with E-state index in [0.29, 0.717) is 0 Å². The molecule has 0 rings (SSSR count). The molecule has 0 aliphatic heterocycles. The number of rotatable bonds is 3. The fraction of sp³-hybridized carbons (Fsp3) is 0. The van der Waals surface area contributed by atoms with Crippen molar-refractivity contribution in [1.82, 2.24) is 0 Å². The van der Waals surface area contributed by atoms with Crippen LogP contribution in [-0.4, -0.2) is 0 Å². The van der Waals surface area contributed by atoms with Crippen LogP contribution >= 0.6 is 21.2 Å². The summed E-state index contributed by atoms with van der Waals surface area (Å²) in [7, 11) is -0.951. The molecule has 13 heavy (non-hydrogen) atoms. The molecule has 0 bridgehead atoms. The zero-order valence-corrected chi connectivity index (χ0v) is 17.2. The first-order chi connectivity index (χ1) is 5.44. The monoisotopic (exact) mass is 511 g/mol. The Kier molecular flexibility index (Phi) is 7.39. The van der Waals surface area contributed by atoms with E-state index in [1.54, 1.807) is 0 Å². The molecule has 0 aromatic carbocycles. The normalized spacial score (nSPS) is 14.6. The van der Waals surface area contributed by atoms with Crippen molar-refractivity contribution < 1.29 is 0 Å². The molecule has 0 aliphatic rings. The number of hydrogen-bond acceptors (Lipinski definition) is 9. The van der Waals surface area contributed by atoms with E-state index in [-0.39, 0.29) is 0 Å². The maximum atomic E-state index is 5.21. The van der Waals surface area contributed by atoms with Gasteiger partial charge in [0.1, 0.15) is 0 Å². The maximum absolute atomic E-state index is 5.21.